The van der Waals surface area contributed by atoms with E-state index in [1.165, 1.54) is 11.5 Å². The third-order valence-electron chi connectivity index (χ3n) is 5.13. The van der Waals surface area contributed by atoms with Gasteiger partial charge in [-0.25, -0.2) is 4.79 Å². The van der Waals surface area contributed by atoms with Gasteiger partial charge in [0.05, 0.1) is 11.5 Å². The number of aromatic nitrogens is 2. The molecule has 1 amide bonds. The minimum atomic E-state index is -0.442. The van der Waals surface area contributed by atoms with E-state index in [2.05, 4.69) is 19.8 Å². The Hall–Kier alpha value is -1.99. The number of ether oxygens (including phenoxy) is 1. The summed E-state index contributed by atoms with van der Waals surface area (Å²) in [6.45, 7) is 3.86. The van der Waals surface area contributed by atoms with Crippen molar-refractivity contribution in [3.05, 3.63) is 30.3 Å². The van der Waals surface area contributed by atoms with Crippen molar-refractivity contribution in [3.63, 3.8) is 0 Å². The van der Waals surface area contributed by atoms with Gasteiger partial charge in [0.15, 0.2) is 5.82 Å². The second-order valence-corrected chi connectivity index (χ2v) is 7.36. The fraction of sp³-hybridized carbons (Fsp3) is 0.471. The number of fused-ring (bicyclic) bond motifs is 3. The Morgan fingerprint density at radius 1 is 1.21 bits per heavy atom. The predicted molar refractivity (Wildman–Crippen MR) is 93.0 cm³/mol. The Kier molecular flexibility index (Phi) is 4.20. The zero-order valence-corrected chi connectivity index (χ0v) is 14.2. The summed E-state index contributed by atoms with van der Waals surface area (Å²) >= 11 is 1.26. The molecule has 1 N–H and O–H groups in total. The van der Waals surface area contributed by atoms with Gasteiger partial charge >= 0.3 is 6.09 Å². The van der Waals surface area contributed by atoms with E-state index < -0.39 is 6.09 Å². The Morgan fingerprint density at radius 2 is 1.92 bits per heavy atom. The summed E-state index contributed by atoms with van der Waals surface area (Å²) in [5.74, 6) is 0.465. The smallest absolute Gasteiger partial charge is 0.412 e. The molecule has 24 heavy (non-hydrogen) atoms. The molecule has 0 radical (unpaired) electrons. The maximum absolute atomic E-state index is 12.2. The van der Waals surface area contributed by atoms with Crippen LogP contribution in [-0.2, 0) is 4.74 Å². The maximum Gasteiger partial charge on any atom is 0.412 e. The van der Waals surface area contributed by atoms with Crippen molar-refractivity contribution in [3.8, 4) is 10.4 Å². The van der Waals surface area contributed by atoms with Crippen LogP contribution in [-0.4, -0.2) is 46.8 Å². The number of nitrogens with one attached hydrogen (secondary N) is 1. The molecule has 0 atom stereocenters. The zero-order valence-electron chi connectivity index (χ0n) is 13.4. The lowest BCUT2D eigenvalue weighted by Gasteiger charge is -2.47. The van der Waals surface area contributed by atoms with Crippen molar-refractivity contribution in [1.82, 2.24) is 14.5 Å². The quantitative estimate of drug-likeness (QED) is 0.922. The molecule has 3 saturated heterocycles. The van der Waals surface area contributed by atoms with E-state index in [1.54, 1.807) is 0 Å². The van der Waals surface area contributed by atoms with Crippen LogP contribution in [0.15, 0.2) is 30.3 Å². The summed E-state index contributed by atoms with van der Waals surface area (Å²) in [6, 6.07) is 9.80. The number of carbonyl (C=O) groups is 1. The van der Waals surface area contributed by atoms with E-state index >= 15 is 0 Å². The second-order valence-electron chi connectivity index (χ2n) is 6.61. The minimum Gasteiger partial charge on any atom is -0.449 e. The largest absolute Gasteiger partial charge is 0.449 e. The minimum absolute atomic E-state index is 0.175. The molecule has 3 fully saturated rings. The van der Waals surface area contributed by atoms with Crippen molar-refractivity contribution in [1.29, 1.82) is 0 Å². The summed E-state index contributed by atoms with van der Waals surface area (Å²) in [7, 11) is 0. The normalized spacial score (nSPS) is 25.4. The van der Waals surface area contributed by atoms with E-state index in [4.69, 9.17) is 4.74 Å². The van der Waals surface area contributed by atoms with Crippen molar-refractivity contribution in [2.75, 3.05) is 31.6 Å². The standard InChI is InChI=1S/C17H20N4O2S/c22-16(23-12-17-6-9-21(10-7-17)11-8-17)18-15-14(24-20-19-15)13-4-2-1-3-5-13/h1-5H,6-12H2,(H,18,22). The van der Waals surface area contributed by atoms with E-state index in [-0.39, 0.29) is 5.41 Å². The summed E-state index contributed by atoms with van der Waals surface area (Å²) in [6.07, 6.45) is 2.91. The number of carbonyl (C=O) groups excluding carboxylic acids is 1. The number of anilines is 1. The van der Waals surface area contributed by atoms with Crippen molar-refractivity contribution in [2.24, 2.45) is 5.41 Å². The molecule has 3 aliphatic heterocycles. The summed E-state index contributed by atoms with van der Waals surface area (Å²) in [4.78, 5) is 15.5. The molecular formula is C17H20N4O2S. The monoisotopic (exact) mass is 344 g/mol. The molecule has 4 heterocycles. The molecular weight excluding hydrogens is 324 g/mol. The van der Waals surface area contributed by atoms with Crippen LogP contribution in [0.4, 0.5) is 10.6 Å². The molecule has 0 unspecified atom stereocenters. The molecule has 7 heteroatoms. The first kappa shape index (κ1) is 15.5. The van der Waals surface area contributed by atoms with Gasteiger partial charge in [-0.2, -0.15) is 0 Å². The lowest BCUT2D eigenvalue weighted by Crippen LogP contribution is -2.50. The molecule has 0 saturated carbocycles. The van der Waals surface area contributed by atoms with Crippen LogP contribution in [0.1, 0.15) is 19.3 Å². The first-order valence-corrected chi connectivity index (χ1v) is 9.05. The molecule has 0 spiro atoms. The van der Waals surface area contributed by atoms with E-state index in [1.807, 2.05) is 30.3 Å². The highest BCUT2D eigenvalue weighted by Crippen LogP contribution is 2.40. The van der Waals surface area contributed by atoms with Gasteiger partial charge in [0, 0.05) is 5.41 Å². The van der Waals surface area contributed by atoms with Crippen molar-refractivity contribution < 1.29 is 9.53 Å². The highest BCUT2D eigenvalue weighted by molar-refractivity contribution is 7.10. The average molecular weight is 344 g/mol. The van der Waals surface area contributed by atoms with Gasteiger partial charge in [0.25, 0.3) is 0 Å². The van der Waals surface area contributed by atoms with Crippen LogP contribution in [0.2, 0.25) is 0 Å². The van der Waals surface area contributed by atoms with Gasteiger partial charge in [-0.3, -0.25) is 5.32 Å². The highest BCUT2D eigenvalue weighted by Gasteiger charge is 2.40. The van der Waals surface area contributed by atoms with Gasteiger partial charge in [0.1, 0.15) is 0 Å². The molecule has 1 aromatic heterocycles. The first-order valence-electron chi connectivity index (χ1n) is 8.28. The third-order valence-corrected chi connectivity index (χ3v) is 5.90. The second kappa shape index (κ2) is 6.49. The van der Waals surface area contributed by atoms with Gasteiger partial charge < -0.3 is 9.64 Å². The fourth-order valence-corrected chi connectivity index (χ4v) is 4.14. The number of rotatable bonds is 4. The number of hydrogen-bond acceptors (Lipinski definition) is 6. The molecule has 0 aliphatic carbocycles. The molecule has 2 bridgehead atoms. The summed E-state index contributed by atoms with van der Waals surface area (Å²) < 4.78 is 9.49. The average Bonchev–Trinajstić information content (AvgIpc) is 3.10. The number of amides is 1. The van der Waals surface area contributed by atoms with Gasteiger partial charge in [-0.15, -0.1) is 5.10 Å². The molecule has 6 nitrogen and oxygen atoms in total. The zero-order chi connectivity index (χ0) is 16.4. The van der Waals surface area contributed by atoms with E-state index in [0.29, 0.717) is 12.4 Å². The van der Waals surface area contributed by atoms with Gasteiger partial charge in [-0.1, -0.05) is 34.8 Å². The van der Waals surface area contributed by atoms with Crippen molar-refractivity contribution in [2.45, 2.75) is 19.3 Å². The van der Waals surface area contributed by atoms with Crippen LogP contribution in [0.3, 0.4) is 0 Å². The SMILES string of the molecule is O=C(Nc1nnsc1-c1ccccc1)OCC12CCN(CC1)CC2. The third kappa shape index (κ3) is 3.14. The Balaban J connectivity index is 1.38. The van der Waals surface area contributed by atoms with Crippen LogP contribution in [0.5, 0.6) is 0 Å². The van der Waals surface area contributed by atoms with E-state index in [0.717, 1.165) is 49.3 Å². The molecule has 2 aromatic rings. The van der Waals surface area contributed by atoms with Gasteiger partial charge in [0.2, 0.25) is 0 Å². The summed E-state index contributed by atoms with van der Waals surface area (Å²) in [5.41, 5.74) is 1.16. The van der Waals surface area contributed by atoms with Crippen LogP contribution < -0.4 is 5.32 Å². The van der Waals surface area contributed by atoms with Gasteiger partial charge in [-0.05, 0) is 56.0 Å². The number of nitrogens with zero attached hydrogens (tertiary/aromatic N) is 3. The lowest BCUT2D eigenvalue weighted by atomic mass is 9.73. The number of piperidine rings is 3. The van der Waals surface area contributed by atoms with Crippen LogP contribution >= 0.6 is 11.5 Å². The first-order chi connectivity index (χ1) is 11.7. The van der Waals surface area contributed by atoms with Crippen LogP contribution in [0, 0.1) is 5.41 Å². The molecule has 3 aliphatic rings. The molecule has 1 aromatic carbocycles. The van der Waals surface area contributed by atoms with Crippen molar-refractivity contribution >= 4 is 23.4 Å². The molecule has 126 valence electrons. The highest BCUT2D eigenvalue weighted by atomic mass is 32.1. The Bertz CT molecular complexity index is 697. The number of hydrogen-bond donors (Lipinski definition) is 1. The topological polar surface area (TPSA) is 67.3 Å². The lowest BCUT2D eigenvalue weighted by molar-refractivity contribution is -0.0190. The Morgan fingerprint density at radius 3 is 2.62 bits per heavy atom. The fourth-order valence-electron chi connectivity index (χ4n) is 3.52. The van der Waals surface area contributed by atoms with E-state index in [9.17, 15) is 4.79 Å². The molecule has 5 rings (SSSR count). The maximum atomic E-state index is 12.2. The summed E-state index contributed by atoms with van der Waals surface area (Å²) in [5, 5.41) is 6.77. The van der Waals surface area contributed by atoms with Crippen LogP contribution in [0.25, 0.3) is 10.4 Å². The predicted octanol–water partition coefficient (Wildman–Crippen LogP) is 3.24. The number of benzene rings is 1. The Labute approximate surface area is 145 Å².